The molecular weight excluding hydrogens is 313 g/mol. The second-order valence-corrected chi connectivity index (χ2v) is 5.74. The van der Waals surface area contributed by atoms with Crippen molar-refractivity contribution >= 4 is 5.91 Å². The van der Waals surface area contributed by atoms with E-state index >= 15 is 0 Å². The third kappa shape index (κ3) is 4.68. The van der Waals surface area contributed by atoms with E-state index in [1.807, 2.05) is 0 Å². The van der Waals surface area contributed by atoms with Crippen LogP contribution in [0.5, 0.6) is 0 Å². The molecule has 2 heterocycles. The highest BCUT2D eigenvalue weighted by Crippen LogP contribution is 2.27. The van der Waals surface area contributed by atoms with Crippen molar-refractivity contribution in [1.29, 1.82) is 0 Å². The monoisotopic (exact) mass is 334 g/mol. The van der Waals surface area contributed by atoms with Crippen LogP contribution in [0.4, 0.5) is 13.2 Å². The maximum absolute atomic E-state index is 12.7. The zero-order valence-corrected chi connectivity index (χ0v) is 12.9. The molecule has 1 saturated heterocycles. The molecule has 23 heavy (non-hydrogen) atoms. The van der Waals surface area contributed by atoms with Gasteiger partial charge in [-0.25, -0.2) is 0 Å². The number of carbonyl (C=O) groups is 1. The minimum atomic E-state index is -4.37. The molecule has 1 atom stereocenters. The molecule has 1 aliphatic rings. The van der Waals surface area contributed by atoms with Gasteiger partial charge < -0.3 is 15.4 Å². The number of hydrogen-bond donors (Lipinski definition) is 2. The van der Waals surface area contributed by atoms with Gasteiger partial charge in [0, 0.05) is 18.4 Å². The summed E-state index contributed by atoms with van der Waals surface area (Å²) >= 11 is 0. The van der Waals surface area contributed by atoms with Gasteiger partial charge in [0.1, 0.15) is 12.1 Å². The first-order valence-electron chi connectivity index (χ1n) is 7.50. The number of hydrogen-bond acceptors (Lipinski definition) is 4. The number of piperidine rings is 1. The summed E-state index contributed by atoms with van der Waals surface area (Å²) in [4.78, 5) is 12.7. The van der Waals surface area contributed by atoms with E-state index in [1.165, 1.54) is 0 Å². The van der Waals surface area contributed by atoms with Crippen LogP contribution in [0, 0.1) is 0 Å². The Bertz CT molecular complexity index is 499. The fraction of sp³-hybridized carbons (Fsp3) is 0.714. The molecule has 6 nitrogen and oxygen atoms in total. The first kappa shape index (κ1) is 17.7. The molecule has 0 aromatic carbocycles. The van der Waals surface area contributed by atoms with E-state index in [0.29, 0.717) is 25.9 Å². The molecule has 0 bridgehead atoms. The summed E-state index contributed by atoms with van der Waals surface area (Å²) in [6.45, 7) is 1.45. The van der Waals surface area contributed by atoms with Crippen molar-refractivity contribution in [2.75, 3.05) is 26.3 Å². The number of nitrogens with one attached hydrogen (secondary N) is 2. The molecule has 1 aliphatic heterocycles. The zero-order valence-electron chi connectivity index (χ0n) is 12.9. The normalized spacial score (nSPS) is 19.3. The van der Waals surface area contributed by atoms with Gasteiger partial charge in [0.25, 0.3) is 0 Å². The summed E-state index contributed by atoms with van der Waals surface area (Å²) < 4.78 is 42.5. The molecule has 0 spiro atoms. The lowest BCUT2D eigenvalue weighted by Crippen LogP contribution is -2.56. The number of rotatable bonds is 6. The molecule has 0 aliphatic carbocycles. The Morgan fingerprint density at radius 3 is 2.74 bits per heavy atom. The van der Waals surface area contributed by atoms with Gasteiger partial charge in [0.05, 0.1) is 6.61 Å². The molecule has 1 aromatic heterocycles. The van der Waals surface area contributed by atoms with E-state index in [4.69, 9.17) is 0 Å². The largest absolute Gasteiger partial charge is 0.411 e. The van der Waals surface area contributed by atoms with Gasteiger partial charge in [-0.15, -0.1) is 0 Å². The average Bonchev–Trinajstić information content (AvgIpc) is 3.01. The number of ether oxygens (including phenoxy) is 1. The van der Waals surface area contributed by atoms with E-state index in [1.54, 1.807) is 30.1 Å². The summed E-state index contributed by atoms with van der Waals surface area (Å²) in [5.74, 6) is -0.245. The summed E-state index contributed by atoms with van der Waals surface area (Å²) in [5, 5.41) is 10.1. The molecule has 130 valence electrons. The van der Waals surface area contributed by atoms with Crippen molar-refractivity contribution in [2.45, 2.75) is 37.5 Å². The number of carbonyl (C=O) groups excluding carboxylic acids is 1. The Balaban J connectivity index is 1.96. The molecule has 9 heteroatoms. The minimum absolute atomic E-state index is 0.196. The van der Waals surface area contributed by atoms with Crippen molar-refractivity contribution in [1.82, 2.24) is 20.4 Å². The van der Waals surface area contributed by atoms with Crippen LogP contribution in [0.2, 0.25) is 0 Å². The van der Waals surface area contributed by atoms with E-state index in [0.717, 1.165) is 0 Å². The quantitative estimate of drug-likeness (QED) is 0.816. The molecule has 2 rings (SSSR count). The molecule has 0 saturated carbocycles. The first-order valence-corrected chi connectivity index (χ1v) is 7.50. The van der Waals surface area contributed by atoms with Gasteiger partial charge in [-0.1, -0.05) is 0 Å². The van der Waals surface area contributed by atoms with Crippen LogP contribution in [0.1, 0.15) is 19.8 Å². The Labute approximate surface area is 132 Å². The van der Waals surface area contributed by atoms with Gasteiger partial charge >= 0.3 is 6.18 Å². The summed E-state index contributed by atoms with van der Waals surface area (Å²) in [6, 6.07) is 1.22. The fourth-order valence-corrected chi connectivity index (χ4v) is 2.67. The van der Waals surface area contributed by atoms with Crippen LogP contribution in [0.25, 0.3) is 0 Å². The molecule has 1 unspecified atom stereocenters. The molecular formula is C14H21F3N4O2. The van der Waals surface area contributed by atoms with Gasteiger partial charge in [0.15, 0.2) is 0 Å². The van der Waals surface area contributed by atoms with Crippen molar-refractivity contribution in [2.24, 2.45) is 0 Å². The molecule has 1 aromatic rings. The van der Waals surface area contributed by atoms with Crippen LogP contribution < -0.4 is 10.6 Å². The zero-order chi connectivity index (χ0) is 16.9. The fourth-order valence-electron chi connectivity index (χ4n) is 2.67. The van der Waals surface area contributed by atoms with E-state index in [2.05, 4.69) is 20.5 Å². The molecule has 2 N–H and O–H groups in total. The predicted octanol–water partition coefficient (Wildman–Crippen LogP) is 1.05. The second-order valence-electron chi connectivity index (χ2n) is 5.74. The first-order chi connectivity index (χ1) is 10.8. The Kier molecular flexibility index (Phi) is 5.64. The van der Waals surface area contributed by atoms with Gasteiger partial charge in [-0.05, 0) is 38.9 Å². The lowest BCUT2D eigenvalue weighted by atomic mass is 9.87. The topological polar surface area (TPSA) is 68.2 Å². The Morgan fingerprint density at radius 2 is 2.17 bits per heavy atom. The molecule has 0 radical (unpaired) electrons. The molecule has 1 amide bonds. The van der Waals surface area contributed by atoms with E-state index in [-0.39, 0.29) is 12.5 Å². The SMILES string of the molecule is CC(COCC(F)(F)F)NC(=O)C1(n2cccn2)CCNCC1. The van der Waals surface area contributed by atoms with Crippen LogP contribution in [-0.4, -0.2) is 54.2 Å². The number of nitrogens with zero attached hydrogens (tertiary/aromatic N) is 2. The van der Waals surface area contributed by atoms with Crippen molar-refractivity contribution in [3.63, 3.8) is 0 Å². The highest BCUT2D eigenvalue weighted by atomic mass is 19.4. The predicted molar refractivity (Wildman–Crippen MR) is 76.8 cm³/mol. The number of aromatic nitrogens is 2. The third-order valence-electron chi connectivity index (χ3n) is 3.81. The smallest absolute Gasteiger partial charge is 0.370 e. The summed E-state index contributed by atoms with van der Waals surface area (Å²) in [7, 11) is 0. The lowest BCUT2D eigenvalue weighted by molar-refractivity contribution is -0.175. The van der Waals surface area contributed by atoms with Crippen LogP contribution in [0.3, 0.4) is 0 Å². The summed E-state index contributed by atoms with van der Waals surface area (Å²) in [5.41, 5.74) is -0.812. The maximum Gasteiger partial charge on any atom is 0.411 e. The number of alkyl halides is 3. The van der Waals surface area contributed by atoms with Crippen molar-refractivity contribution < 1.29 is 22.7 Å². The van der Waals surface area contributed by atoms with Crippen LogP contribution in [0.15, 0.2) is 18.5 Å². The average molecular weight is 334 g/mol. The van der Waals surface area contributed by atoms with Crippen molar-refractivity contribution in [3.05, 3.63) is 18.5 Å². The standard InChI is InChI=1S/C14H21F3N4O2/c1-11(9-23-10-14(15,16)17)20-12(22)13(3-6-18-7-4-13)21-8-2-5-19-21/h2,5,8,11,18H,3-4,6-7,9-10H2,1H3,(H,20,22). The van der Waals surface area contributed by atoms with Gasteiger partial charge in [-0.3, -0.25) is 9.48 Å². The Hall–Kier alpha value is -1.61. The highest BCUT2D eigenvalue weighted by molar-refractivity contribution is 5.84. The lowest BCUT2D eigenvalue weighted by Gasteiger charge is -2.37. The second kappa shape index (κ2) is 7.31. The maximum atomic E-state index is 12.7. The van der Waals surface area contributed by atoms with E-state index < -0.39 is 24.4 Å². The van der Waals surface area contributed by atoms with Crippen LogP contribution >= 0.6 is 0 Å². The van der Waals surface area contributed by atoms with Gasteiger partial charge in [0.2, 0.25) is 5.91 Å². The third-order valence-corrected chi connectivity index (χ3v) is 3.81. The Morgan fingerprint density at radius 1 is 1.48 bits per heavy atom. The molecule has 1 fully saturated rings. The highest BCUT2D eigenvalue weighted by Gasteiger charge is 2.42. The summed E-state index contributed by atoms with van der Waals surface area (Å²) in [6.07, 6.45) is 0.102. The number of halogens is 3. The van der Waals surface area contributed by atoms with Crippen molar-refractivity contribution in [3.8, 4) is 0 Å². The van der Waals surface area contributed by atoms with Gasteiger partial charge in [-0.2, -0.15) is 18.3 Å². The number of amides is 1. The minimum Gasteiger partial charge on any atom is -0.370 e. The van der Waals surface area contributed by atoms with E-state index in [9.17, 15) is 18.0 Å². The van der Waals surface area contributed by atoms with Crippen LogP contribution in [-0.2, 0) is 15.1 Å².